The first-order valence-electron chi connectivity index (χ1n) is 6.41. The molecule has 3 atom stereocenters. The molecule has 1 saturated heterocycles. The van der Waals surface area contributed by atoms with Crippen LogP contribution in [-0.4, -0.2) is 24.5 Å². The largest absolute Gasteiger partial charge is 0.377 e. The predicted octanol–water partition coefficient (Wildman–Crippen LogP) is 3.64. The van der Waals surface area contributed by atoms with Gasteiger partial charge in [0.05, 0.1) is 6.10 Å². The maximum Gasteiger partial charge on any atom is 0.0666 e. The molecule has 1 aromatic carbocycles. The highest BCUT2D eigenvalue weighted by molar-refractivity contribution is 7.99. The Bertz CT molecular complexity index is 380. The molecule has 0 aromatic heterocycles. The van der Waals surface area contributed by atoms with Crippen molar-refractivity contribution < 1.29 is 4.74 Å². The Morgan fingerprint density at radius 1 is 1.56 bits per heavy atom. The van der Waals surface area contributed by atoms with E-state index >= 15 is 0 Å². The molecule has 18 heavy (non-hydrogen) atoms. The van der Waals surface area contributed by atoms with Crippen LogP contribution in [0.25, 0.3) is 0 Å². The topological polar surface area (TPSA) is 35.2 Å². The standard InChI is InChI=1S/C14H20ClNOS/c1-10(16)14(11-4-2-5-12(15)8-11)18-9-13-6-3-7-17-13/h2,4-5,8,10,13-14H,3,6-7,9,16H2,1H3. The van der Waals surface area contributed by atoms with Gasteiger partial charge >= 0.3 is 0 Å². The minimum Gasteiger partial charge on any atom is -0.377 e. The van der Waals surface area contributed by atoms with E-state index in [1.165, 1.54) is 18.4 Å². The van der Waals surface area contributed by atoms with Crippen molar-refractivity contribution in [3.8, 4) is 0 Å². The monoisotopic (exact) mass is 285 g/mol. The lowest BCUT2D eigenvalue weighted by Gasteiger charge is -2.22. The highest BCUT2D eigenvalue weighted by Crippen LogP contribution is 2.34. The predicted molar refractivity (Wildman–Crippen MR) is 79.3 cm³/mol. The Hall–Kier alpha value is -0.220. The minimum absolute atomic E-state index is 0.106. The van der Waals surface area contributed by atoms with Gasteiger partial charge in [0.1, 0.15) is 0 Å². The van der Waals surface area contributed by atoms with Crippen molar-refractivity contribution in [2.75, 3.05) is 12.4 Å². The third kappa shape index (κ3) is 3.89. The third-order valence-electron chi connectivity index (χ3n) is 3.14. The summed E-state index contributed by atoms with van der Waals surface area (Å²) in [5, 5.41) is 1.06. The Morgan fingerprint density at radius 3 is 3.00 bits per heavy atom. The second kappa shape index (κ2) is 6.80. The number of ether oxygens (including phenoxy) is 1. The van der Waals surface area contributed by atoms with Crippen LogP contribution in [0.2, 0.25) is 5.02 Å². The van der Waals surface area contributed by atoms with E-state index < -0.39 is 0 Å². The second-order valence-electron chi connectivity index (χ2n) is 4.80. The van der Waals surface area contributed by atoms with Crippen molar-refractivity contribution in [3.63, 3.8) is 0 Å². The normalized spacial score (nSPS) is 22.9. The SMILES string of the molecule is CC(N)C(SCC1CCCO1)c1cccc(Cl)c1. The van der Waals surface area contributed by atoms with E-state index in [2.05, 4.69) is 6.07 Å². The zero-order valence-corrected chi connectivity index (χ0v) is 12.2. The van der Waals surface area contributed by atoms with Gasteiger partial charge in [0.2, 0.25) is 0 Å². The van der Waals surface area contributed by atoms with Crippen LogP contribution in [0, 0.1) is 0 Å². The molecule has 4 heteroatoms. The first-order valence-corrected chi connectivity index (χ1v) is 7.84. The van der Waals surface area contributed by atoms with Crippen LogP contribution >= 0.6 is 23.4 Å². The first kappa shape index (κ1) is 14.2. The number of thioether (sulfide) groups is 1. The van der Waals surface area contributed by atoms with Crippen molar-refractivity contribution in [3.05, 3.63) is 34.9 Å². The van der Waals surface area contributed by atoms with Crippen LogP contribution in [0.4, 0.5) is 0 Å². The van der Waals surface area contributed by atoms with E-state index in [0.717, 1.165) is 17.4 Å². The summed E-state index contributed by atoms with van der Waals surface area (Å²) in [5.74, 6) is 1.01. The lowest BCUT2D eigenvalue weighted by molar-refractivity contribution is 0.128. The van der Waals surface area contributed by atoms with Crippen LogP contribution in [0.1, 0.15) is 30.6 Å². The summed E-state index contributed by atoms with van der Waals surface area (Å²) in [6.45, 7) is 2.96. The number of rotatable bonds is 5. The number of hydrogen-bond acceptors (Lipinski definition) is 3. The van der Waals surface area contributed by atoms with Gasteiger partial charge in [-0.3, -0.25) is 0 Å². The van der Waals surface area contributed by atoms with E-state index in [4.69, 9.17) is 22.1 Å². The molecule has 2 N–H and O–H groups in total. The van der Waals surface area contributed by atoms with E-state index in [1.807, 2.05) is 36.9 Å². The van der Waals surface area contributed by atoms with Gasteiger partial charge in [0, 0.05) is 28.7 Å². The quantitative estimate of drug-likeness (QED) is 0.897. The Labute approximate surface area is 118 Å². The molecule has 1 aromatic rings. The average Bonchev–Trinajstić information content (AvgIpc) is 2.82. The molecule has 1 aliphatic rings. The van der Waals surface area contributed by atoms with Gasteiger partial charge in [-0.2, -0.15) is 0 Å². The van der Waals surface area contributed by atoms with Gasteiger partial charge in [-0.15, -0.1) is 11.8 Å². The number of hydrogen-bond donors (Lipinski definition) is 1. The molecule has 0 radical (unpaired) electrons. The van der Waals surface area contributed by atoms with E-state index in [1.54, 1.807) is 0 Å². The van der Waals surface area contributed by atoms with Gasteiger partial charge in [0.25, 0.3) is 0 Å². The molecular formula is C14H20ClNOS. The Morgan fingerprint density at radius 2 is 2.39 bits per heavy atom. The van der Waals surface area contributed by atoms with Crippen LogP contribution in [0.15, 0.2) is 24.3 Å². The molecule has 1 fully saturated rings. The molecular weight excluding hydrogens is 266 g/mol. The number of nitrogens with two attached hydrogens (primary N) is 1. The summed E-state index contributed by atoms with van der Waals surface area (Å²) in [5.41, 5.74) is 7.31. The molecule has 2 rings (SSSR count). The summed E-state index contributed by atoms with van der Waals surface area (Å²) >= 11 is 7.93. The van der Waals surface area contributed by atoms with Gasteiger partial charge in [-0.1, -0.05) is 23.7 Å². The molecule has 3 unspecified atom stereocenters. The maximum atomic E-state index is 6.10. The molecule has 100 valence electrons. The average molecular weight is 286 g/mol. The summed E-state index contributed by atoms with van der Waals surface area (Å²) < 4.78 is 5.65. The van der Waals surface area contributed by atoms with E-state index in [9.17, 15) is 0 Å². The van der Waals surface area contributed by atoms with Crippen LogP contribution in [-0.2, 0) is 4.74 Å². The Kier molecular flexibility index (Phi) is 5.37. The highest BCUT2D eigenvalue weighted by atomic mass is 35.5. The third-order valence-corrected chi connectivity index (χ3v) is 5.00. The lowest BCUT2D eigenvalue weighted by atomic mass is 10.1. The number of halogens is 1. The highest BCUT2D eigenvalue weighted by Gasteiger charge is 2.21. The van der Waals surface area contributed by atoms with Crippen molar-refractivity contribution >= 4 is 23.4 Å². The fourth-order valence-corrected chi connectivity index (χ4v) is 3.75. The van der Waals surface area contributed by atoms with E-state index in [0.29, 0.717) is 6.10 Å². The zero-order valence-electron chi connectivity index (χ0n) is 10.6. The molecule has 1 aliphatic heterocycles. The second-order valence-corrected chi connectivity index (χ2v) is 6.41. The summed E-state index contributed by atoms with van der Waals surface area (Å²) in [6.07, 6.45) is 2.76. The summed E-state index contributed by atoms with van der Waals surface area (Å²) in [7, 11) is 0. The molecule has 0 spiro atoms. The van der Waals surface area contributed by atoms with Gasteiger partial charge < -0.3 is 10.5 Å². The van der Waals surface area contributed by atoms with Crippen LogP contribution in [0.3, 0.4) is 0 Å². The first-order chi connectivity index (χ1) is 8.66. The van der Waals surface area contributed by atoms with Crippen LogP contribution < -0.4 is 5.73 Å². The smallest absolute Gasteiger partial charge is 0.0666 e. The minimum atomic E-state index is 0.106. The molecule has 1 heterocycles. The van der Waals surface area contributed by atoms with Crippen molar-refractivity contribution in [2.45, 2.75) is 37.2 Å². The lowest BCUT2D eigenvalue weighted by Crippen LogP contribution is -2.24. The zero-order chi connectivity index (χ0) is 13.0. The number of benzene rings is 1. The van der Waals surface area contributed by atoms with Gasteiger partial charge in [-0.25, -0.2) is 0 Å². The fraction of sp³-hybridized carbons (Fsp3) is 0.571. The maximum absolute atomic E-state index is 6.10. The van der Waals surface area contributed by atoms with E-state index in [-0.39, 0.29) is 11.3 Å². The van der Waals surface area contributed by atoms with Crippen molar-refractivity contribution in [1.29, 1.82) is 0 Å². The molecule has 0 bridgehead atoms. The van der Waals surface area contributed by atoms with Crippen molar-refractivity contribution in [2.24, 2.45) is 5.73 Å². The van der Waals surface area contributed by atoms with Crippen molar-refractivity contribution in [1.82, 2.24) is 0 Å². The van der Waals surface area contributed by atoms with Gasteiger partial charge in [0.15, 0.2) is 0 Å². The molecule has 0 amide bonds. The summed E-state index contributed by atoms with van der Waals surface area (Å²) in [6, 6.07) is 8.10. The molecule has 2 nitrogen and oxygen atoms in total. The Balaban J connectivity index is 1.99. The van der Waals surface area contributed by atoms with Gasteiger partial charge in [-0.05, 0) is 37.5 Å². The fourth-order valence-electron chi connectivity index (χ4n) is 2.22. The van der Waals surface area contributed by atoms with Crippen LogP contribution in [0.5, 0.6) is 0 Å². The molecule has 0 saturated carbocycles. The summed E-state index contributed by atoms with van der Waals surface area (Å²) in [4.78, 5) is 0. The molecule has 0 aliphatic carbocycles.